The maximum atomic E-state index is 15.5. The van der Waals surface area contributed by atoms with Crippen LogP contribution in [0.1, 0.15) is 94.4 Å². The van der Waals surface area contributed by atoms with Crippen molar-refractivity contribution in [2.24, 2.45) is 23.1 Å². The summed E-state index contributed by atoms with van der Waals surface area (Å²) in [5.41, 5.74) is 21.2. The van der Waals surface area contributed by atoms with E-state index < -0.39 is 175 Å². The van der Waals surface area contributed by atoms with Gasteiger partial charge in [0.2, 0.25) is 76.8 Å². The van der Waals surface area contributed by atoms with Crippen LogP contribution < -0.4 is 70.4 Å². The number of primary amides is 2. The number of nitrogens with zero attached hydrogens (tertiary/aromatic N) is 1. The maximum Gasteiger partial charge on any atom is 0.305 e. The van der Waals surface area contributed by atoms with Crippen LogP contribution in [0.2, 0.25) is 0 Å². The molecule has 33 nitrogen and oxygen atoms in total. The number of para-hydroxylation sites is 3. The number of hydrogen-bond acceptors (Lipinski definition) is 16. The summed E-state index contributed by atoms with van der Waals surface area (Å²) in [7, 11) is 0. The highest BCUT2D eigenvalue weighted by atomic mass is 16.4. The lowest BCUT2D eigenvalue weighted by Crippen LogP contribution is -2.61. The summed E-state index contributed by atoms with van der Waals surface area (Å²) in [6.45, 7) is 3.15. The number of aromatic nitrogens is 3. The molecule has 1 fully saturated rings. The van der Waals surface area contributed by atoms with Gasteiger partial charge in [0, 0.05) is 90.5 Å². The molecule has 0 unspecified atom stereocenters. The number of carboxylic acids is 1. The van der Waals surface area contributed by atoms with Gasteiger partial charge in [-0.3, -0.25) is 67.1 Å². The number of nitrogens with two attached hydrogens (primary N) is 3. The zero-order chi connectivity index (χ0) is 77.4. The third-order valence-electron chi connectivity index (χ3n) is 18.7. The summed E-state index contributed by atoms with van der Waals surface area (Å²) in [5, 5.41) is 47.3. The Bertz CT molecular complexity index is 4370. The van der Waals surface area contributed by atoms with Crippen molar-refractivity contribution < 1.29 is 77.3 Å². The fourth-order valence-corrected chi connectivity index (χ4v) is 12.9. The molecule has 0 saturated carbocycles. The van der Waals surface area contributed by atoms with Gasteiger partial charge < -0.3 is 100 Å². The van der Waals surface area contributed by atoms with Gasteiger partial charge in [-0.05, 0) is 85.0 Å². The van der Waals surface area contributed by atoms with Crippen molar-refractivity contribution in [2.45, 2.75) is 158 Å². The average molecular weight is 1480 g/mol. The minimum Gasteiger partial charge on any atom is -0.481 e. The Balaban J connectivity index is 1.04. The summed E-state index contributed by atoms with van der Waals surface area (Å²) in [5.74, 6) is -13.7. The summed E-state index contributed by atoms with van der Waals surface area (Å²) in [6, 6.07) is 15.2. The molecule has 8 rings (SSSR count). The number of carbonyl (C=O) groups excluding carboxylic acids is 13. The number of aliphatic hydroxyl groups excluding tert-OH is 1. The van der Waals surface area contributed by atoms with Crippen molar-refractivity contribution in [1.29, 1.82) is 0 Å². The van der Waals surface area contributed by atoms with E-state index in [0.29, 0.717) is 74.2 Å². The standard InChI is InChI=1S/C74H93N17O16/c1-4-40(2)64(73(106)88-54(29-42-17-6-5-7-18-42)67(100)84-53(65(77)98)34-63(96)97)90-62(95)38-81-72(105)60-26-16-28-91(60)74(107)58(32-45-37-80-51-24-13-10-21-48(45)51)89-69(102)56(31-44-36-79-50-23-12-9-20-47(44)50)85-66(99)52(25-14-15-27-75)83-68(101)55(30-43-35-78-49-22-11-8-19-46(43)49)86-70(103)57(33-61(76)94)87-71(104)59(39-92)82-41(3)93/h5-13,17-24,35-37,40,52-60,64,78-80,92H,4,14-16,25-34,38-39,75H2,1-3H3,(H2,76,94)(H2,77,98)(H,81,105)(H,82,93)(H,83,101)(H,84,100)(H,85,99)(H,86,103)(H,87,104)(H,88,106)(H,89,102)(H,90,95)(H,96,97)/t40-,52-,53-,54+,55-,56-,57-,58-,59-,60-,64-/m0/s1. The van der Waals surface area contributed by atoms with E-state index in [2.05, 4.69) is 68.1 Å². The van der Waals surface area contributed by atoms with Gasteiger partial charge in [-0.1, -0.05) is 105 Å². The Morgan fingerprint density at radius 1 is 0.523 bits per heavy atom. The molecular weight excluding hydrogens is 1380 g/mol. The molecule has 0 spiro atoms. The summed E-state index contributed by atoms with van der Waals surface area (Å²) < 4.78 is 0. The van der Waals surface area contributed by atoms with E-state index in [9.17, 15) is 58.2 Å². The van der Waals surface area contributed by atoms with Gasteiger partial charge in [0.1, 0.15) is 60.4 Å². The molecule has 0 aliphatic carbocycles. The van der Waals surface area contributed by atoms with Crippen molar-refractivity contribution in [2.75, 3.05) is 26.2 Å². The molecule has 4 aromatic carbocycles. The number of hydrogen-bond donors (Lipinski definition) is 18. The van der Waals surface area contributed by atoms with Crippen LogP contribution in [0.25, 0.3) is 32.7 Å². The van der Waals surface area contributed by atoms with Crippen molar-refractivity contribution in [1.82, 2.24) is 73.0 Å². The Morgan fingerprint density at radius 3 is 1.47 bits per heavy atom. The number of rotatable bonds is 40. The number of aliphatic carboxylic acids is 1. The minimum absolute atomic E-state index is 0.0263. The molecule has 7 aromatic rings. The van der Waals surface area contributed by atoms with Gasteiger partial charge in [-0.25, -0.2) is 0 Å². The molecule has 4 heterocycles. The molecule has 1 aliphatic heterocycles. The first-order chi connectivity index (χ1) is 51.2. The number of unbranched alkanes of at least 4 members (excludes halogenated alkanes) is 1. The fourth-order valence-electron chi connectivity index (χ4n) is 12.9. The maximum absolute atomic E-state index is 15.5. The lowest BCUT2D eigenvalue weighted by atomic mass is 9.97. The molecule has 570 valence electrons. The highest BCUT2D eigenvalue weighted by Crippen LogP contribution is 2.26. The first-order valence-electron chi connectivity index (χ1n) is 35.3. The predicted octanol–water partition coefficient (Wildman–Crippen LogP) is -1.11. The fraction of sp³-hybridized carbons (Fsp3) is 0.405. The van der Waals surface area contributed by atoms with E-state index in [1.807, 2.05) is 24.3 Å². The Labute approximate surface area is 614 Å². The quantitative estimate of drug-likeness (QED) is 0.0203. The molecule has 0 bridgehead atoms. The molecule has 1 saturated heterocycles. The smallest absolute Gasteiger partial charge is 0.305 e. The Hall–Kier alpha value is -12.0. The number of likely N-dealkylation sites (tertiary alicyclic amines) is 1. The van der Waals surface area contributed by atoms with E-state index in [1.54, 1.807) is 111 Å². The van der Waals surface area contributed by atoms with Crippen molar-refractivity contribution >= 4 is 115 Å². The molecular formula is C74H93N17O16. The third-order valence-corrected chi connectivity index (χ3v) is 18.7. The van der Waals surface area contributed by atoms with Crippen LogP contribution in [0.15, 0.2) is 122 Å². The summed E-state index contributed by atoms with van der Waals surface area (Å²) in [4.78, 5) is 204. The SMILES string of the molecule is CC[C@H](C)[C@H](NC(=O)CNC(=O)[C@@H]1CCCN1C(=O)[C@H](Cc1c[nH]c2ccccc12)NC(=O)[C@H](Cc1c[nH]c2ccccc12)NC(=O)[C@H](CCCCN)NC(=O)[C@H](Cc1c[nH]c2ccccc12)NC(=O)[C@H](CC(N)=O)NC(=O)[C@H](CO)NC(C)=O)C(=O)N[C@H](Cc1ccccc1)C(=O)N[C@@H](CC(=O)O)C(N)=O. The number of aliphatic hydroxyl groups is 1. The molecule has 21 N–H and O–H groups in total. The van der Waals surface area contributed by atoms with Gasteiger partial charge >= 0.3 is 5.97 Å². The van der Waals surface area contributed by atoms with Crippen LogP contribution in [-0.4, -0.2) is 199 Å². The van der Waals surface area contributed by atoms with E-state index >= 15 is 19.2 Å². The molecule has 13 amide bonds. The Morgan fingerprint density at radius 2 is 0.972 bits per heavy atom. The second-order valence-corrected chi connectivity index (χ2v) is 26.5. The number of fused-ring (bicyclic) bond motifs is 3. The monoisotopic (exact) mass is 1480 g/mol. The van der Waals surface area contributed by atoms with Gasteiger partial charge in [0.15, 0.2) is 0 Å². The lowest BCUT2D eigenvalue weighted by Gasteiger charge is -2.30. The van der Waals surface area contributed by atoms with Crippen LogP contribution in [0.3, 0.4) is 0 Å². The van der Waals surface area contributed by atoms with Crippen molar-refractivity contribution in [3.63, 3.8) is 0 Å². The van der Waals surface area contributed by atoms with Crippen molar-refractivity contribution in [3.05, 3.63) is 144 Å². The number of carboxylic acid groups (broad SMARTS) is 1. The number of nitrogens with one attached hydrogen (secondary N) is 13. The predicted molar refractivity (Wildman–Crippen MR) is 392 cm³/mol. The van der Waals surface area contributed by atoms with Gasteiger partial charge in [0.05, 0.1) is 26.0 Å². The first kappa shape index (κ1) is 80.7. The zero-order valence-electron chi connectivity index (χ0n) is 59.5. The second-order valence-electron chi connectivity index (χ2n) is 26.5. The highest BCUT2D eigenvalue weighted by Gasteiger charge is 2.41. The summed E-state index contributed by atoms with van der Waals surface area (Å²) >= 11 is 0. The first-order valence-corrected chi connectivity index (χ1v) is 35.3. The van der Waals surface area contributed by atoms with Crippen LogP contribution in [0.5, 0.6) is 0 Å². The lowest BCUT2D eigenvalue weighted by molar-refractivity contribution is -0.142. The van der Waals surface area contributed by atoms with Crippen LogP contribution in [0, 0.1) is 5.92 Å². The number of amides is 13. The van der Waals surface area contributed by atoms with Crippen LogP contribution in [-0.2, 0) is 92.8 Å². The summed E-state index contributed by atoms with van der Waals surface area (Å²) in [6.07, 6.45) is 3.96. The average Bonchev–Trinajstić information content (AvgIpc) is 1.73. The van der Waals surface area contributed by atoms with Gasteiger partial charge in [-0.15, -0.1) is 0 Å². The third kappa shape index (κ3) is 22.5. The van der Waals surface area contributed by atoms with E-state index in [0.717, 1.165) is 6.92 Å². The highest BCUT2D eigenvalue weighted by molar-refractivity contribution is 6.01. The van der Waals surface area contributed by atoms with E-state index in [1.165, 1.54) is 4.90 Å². The van der Waals surface area contributed by atoms with E-state index in [4.69, 9.17) is 17.2 Å². The molecule has 3 aromatic heterocycles. The van der Waals surface area contributed by atoms with Gasteiger partial charge in [-0.2, -0.15) is 0 Å². The van der Waals surface area contributed by atoms with Crippen LogP contribution in [0.4, 0.5) is 0 Å². The van der Waals surface area contributed by atoms with E-state index in [-0.39, 0.29) is 58.0 Å². The number of H-pyrrole nitrogens is 3. The second kappa shape index (κ2) is 38.7. The largest absolute Gasteiger partial charge is 0.481 e. The normalized spacial score (nSPS) is 15.5. The molecule has 0 radical (unpaired) electrons. The van der Waals surface area contributed by atoms with Crippen LogP contribution >= 0.6 is 0 Å². The number of aromatic amines is 3. The molecule has 107 heavy (non-hydrogen) atoms. The zero-order valence-corrected chi connectivity index (χ0v) is 59.5. The molecule has 33 heteroatoms. The topological polar surface area (TPSA) is 528 Å². The van der Waals surface area contributed by atoms with Gasteiger partial charge in [0.25, 0.3) is 0 Å². The number of carbonyl (C=O) groups is 14. The minimum atomic E-state index is -1.75. The molecule has 11 atom stereocenters. The molecule has 1 aliphatic rings. The Kier molecular flexibility index (Phi) is 29.2. The number of benzene rings is 4. The van der Waals surface area contributed by atoms with Crippen molar-refractivity contribution in [3.8, 4) is 0 Å².